The van der Waals surface area contributed by atoms with Crippen molar-refractivity contribution in [1.29, 1.82) is 0 Å². The fourth-order valence-electron chi connectivity index (χ4n) is 1.71. The molecule has 19 heavy (non-hydrogen) atoms. The van der Waals surface area contributed by atoms with Gasteiger partial charge in [-0.1, -0.05) is 0 Å². The summed E-state index contributed by atoms with van der Waals surface area (Å²) in [5, 5.41) is 0. The summed E-state index contributed by atoms with van der Waals surface area (Å²) in [6.45, 7) is 5.76. The maximum absolute atomic E-state index is 5.79. The molecule has 0 spiro atoms. The van der Waals surface area contributed by atoms with E-state index in [1.54, 1.807) is 0 Å². The third kappa shape index (κ3) is 6.16. The van der Waals surface area contributed by atoms with Crippen molar-refractivity contribution in [3.05, 3.63) is 0 Å². The van der Waals surface area contributed by atoms with Crippen molar-refractivity contribution < 1.29 is 28.4 Å². The lowest BCUT2D eigenvalue weighted by atomic mass is 10.3. The highest BCUT2D eigenvalue weighted by atomic mass is 16.6. The molecule has 6 nitrogen and oxygen atoms in total. The minimum absolute atomic E-state index is 0.0723. The average Bonchev–Trinajstić information content (AvgIpc) is 3.28. The predicted molar refractivity (Wildman–Crippen MR) is 65.2 cm³/mol. The molecule has 3 saturated heterocycles. The molecule has 0 aromatic carbocycles. The molecule has 3 rings (SSSR count). The smallest absolute Gasteiger partial charge is 0.104 e. The van der Waals surface area contributed by atoms with E-state index in [0.29, 0.717) is 45.2 Å². The number of epoxide rings is 3. The van der Waals surface area contributed by atoms with Gasteiger partial charge in [0.15, 0.2) is 0 Å². The summed E-state index contributed by atoms with van der Waals surface area (Å²) >= 11 is 0. The summed E-state index contributed by atoms with van der Waals surface area (Å²) in [7, 11) is 0. The van der Waals surface area contributed by atoms with E-state index in [4.69, 9.17) is 28.4 Å². The Morgan fingerprint density at radius 3 is 2.05 bits per heavy atom. The van der Waals surface area contributed by atoms with Gasteiger partial charge in [-0.2, -0.15) is 0 Å². The lowest BCUT2D eigenvalue weighted by Gasteiger charge is -2.17. The van der Waals surface area contributed by atoms with Crippen molar-refractivity contribution in [3.63, 3.8) is 0 Å². The maximum atomic E-state index is 5.79. The molecule has 3 heterocycles. The minimum atomic E-state index is 0.0723. The Morgan fingerprint density at radius 2 is 1.42 bits per heavy atom. The second kappa shape index (κ2) is 6.97. The van der Waals surface area contributed by atoms with E-state index in [-0.39, 0.29) is 12.2 Å². The van der Waals surface area contributed by atoms with Gasteiger partial charge in [0.2, 0.25) is 0 Å². The topological polar surface area (TPSA) is 65.3 Å². The summed E-state index contributed by atoms with van der Waals surface area (Å²) in [5.41, 5.74) is 0. The summed E-state index contributed by atoms with van der Waals surface area (Å²) in [6.07, 6.45) is 1.82. The molecule has 4 atom stereocenters. The average molecular weight is 274 g/mol. The summed E-state index contributed by atoms with van der Waals surface area (Å²) in [6, 6.07) is 0. The molecule has 6 heteroatoms. The van der Waals surface area contributed by atoms with Gasteiger partial charge in [0.1, 0.15) is 18.3 Å². The lowest BCUT2D eigenvalue weighted by Crippen LogP contribution is -2.25. The Bertz CT molecular complexity index is 262. The zero-order valence-corrected chi connectivity index (χ0v) is 11.1. The fraction of sp³-hybridized carbons (Fsp3) is 1.00. The first-order valence-corrected chi connectivity index (χ1v) is 7.02. The quantitative estimate of drug-likeness (QED) is 0.368. The van der Waals surface area contributed by atoms with E-state index in [0.717, 1.165) is 26.2 Å². The molecule has 3 aliphatic rings. The van der Waals surface area contributed by atoms with Crippen LogP contribution in [0.5, 0.6) is 0 Å². The van der Waals surface area contributed by atoms with Crippen LogP contribution in [0.25, 0.3) is 0 Å². The Morgan fingerprint density at radius 1 is 0.842 bits per heavy atom. The summed E-state index contributed by atoms with van der Waals surface area (Å²) in [5.74, 6) is 0. The van der Waals surface area contributed by atoms with Crippen molar-refractivity contribution in [2.24, 2.45) is 0 Å². The molecular formula is C13H22O6. The zero-order valence-electron chi connectivity index (χ0n) is 11.1. The molecule has 0 aromatic rings. The van der Waals surface area contributed by atoms with Crippen molar-refractivity contribution in [2.45, 2.75) is 30.8 Å². The van der Waals surface area contributed by atoms with Gasteiger partial charge in [0.05, 0.1) is 52.4 Å². The van der Waals surface area contributed by atoms with E-state index in [1.165, 1.54) is 0 Å². The van der Waals surface area contributed by atoms with Gasteiger partial charge in [0.25, 0.3) is 0 Å². The first kappa shape index (κ1) is 13.7. The standard InChI is InChI=1S/C13H22O6/c1(2-14-4-11-6-17-11)10(16-8-13-9-19-13)3-15-5-12-7-18-12/h10-13H,1-9H2. The molecule has 0 aliphatic carbocycles. The van der Waals surface area contributed by atoms with Crippen LogP contribution in [0.3, 0.4) is 0 Å². The molecule has 0 N–H and O–H groups in total. The highest BCUT2D eigenvalue weighted by molar-refractivity contribution is 4.71. The van der Waals surface area contributed by atoms with Gasteiger partial charge in [-0.25, -0.2) is 0 Å². The normalized spacial score (nSPS) is 33.2. The molecule has 0 amide bonds. The van der Waals surface area contributed by atoms with Crippen LogP contribution in [0.1, 0.15) is 6.42 Å². The number of rotatable bonds is 12. The summed E-state index contributed by atoms with van der Waals surface area (Å²) in [4.78, 5) is 0. The maximum Gasteiger partial charge on any atom is 0.104 e. The lowest BCUT2D eigenvalue weighted by molar-refractivity contribution is -0.0400. The minimum Gasteiger partial charge on any atom is -0.379 e. The number of hydrogen-bond donors (Lipinski definition) is 0. The molecule has 4 unspecified atom stereocenters. The van der Waals surface area contributed by atoms with E-state index in [1.807, 2.05) is 0 Å². The predicted octanol–water partition coefficient (Wildman–Crippen LogP) is -0.00870. The Hall–Kier alpha value is -0.240. The Balaban J connectivity index is 1.25. The van der Waals surface area contributed by atoms with Gasteiger partial charge in [-0.15, -0.1) is 0 Å². The van der Waals surface area contributed by atoms with Gasteiger partial charge >= 0.3 is 0 Å². The third-order valence-electron chi connectivity index (χ3n) is 3.22. The van der Waals surface area contributed by atoms with Crippen LogP contribution in [-0.4, -0.2) is 77.3 Å². The van der Waals surface area contributed by atoms with E-state index in [2.05, 4.69) is 0 Å². The molecule has 0 aromatic heterocycles. The molecule has 0 bridgehead atoms. The number of hydrogen-bond acceptors (Lipinski definition) is 6. The van der Waals surface area contributed by atoms with Crippen LogP contribution in [0, 0.1) is 0 Å². The van der Waals surface area contributed by atoms with Gasteiger partial charge < -0.3 is 28.4 Å². The Kier molecular flexibility index (Phi) is 5.03. The second-order valence-electron chi connectivity index (χ2n) is 5.22. The summed E-state index contributed by atoms with van der Waals surface area (Å²) < 4.78 is 32.3. The van der Waals surface area contributed by atoms with Crippen LogP contribution < -0.4 is 0 Å². The van der Waals surface area contributed by atoms with Crippen molar-refractivity contribution >= 4 is 0 Å². The number of ether oxygens (including phenoxy) is 6. The first-order chi connectivity index (χ1) is 9.40. The van der Waals surface area contributed by atoms with Crippen molar-refractivity contribution in [3.8, 4) is 0 Å². The Labute approximate surface area is 113 Å². The van der Waals surface area contributed by atoms with E-state index in [9.17, 15) is 0 Å². The van der Waals surface area contributed by atoms with Crippen LogP contribution in [0.15, 0.2) is 0 Å². The van der Waals surface area contributed by atoms with Crippen LogP contribution in [-0.2, 0) is 28.4 Å². The van der Waals surface area contributed by atoms with Gasteiger partial charge in [-0.3, -0.25) is 0 Å². The van der Waals surface area contributed by atoms with Crippen LogP contribution in [0.4, 0.5) is 0 Å². The molecule has 3 fully saturated rings. The van der Waals surface area contributed by atoms with Crippen LogP contribution >= 0.6 is 0 Å². The fourth-order valence-corrected chi connectivity index (χ4v) is 1.71. The molecule has 3 aliphatic heterocycles. The largest absolute Gasteiger partial charge is 0.379 e. The van der Waals surface area contributed by atoms with Crippen LogP contribution in [0.2, 0.25) is 0 Å². The molecule has 0 radical (unpaired) electrons. The molecule has 110 valence electrons. The molecule has 0 saturated carbocycles. The van der Waals surface area contributed by atoms with Crippen molar-refractivity contribution in [1.82, 2.24) is 0 Å². The highest BCUT2D eigenvalue weighted by Gasteiger charge is 2.26. The van der Waals surface area contributed by atoms with E-state index >= 15 is 0 Å². The first-order valence-electron chi connectivity index (χ1n) is 7.02. The molecular weight excluding hydrogens is 252 g/mol. The SMILES string of the molecule is C(CC(COCC1CO1)OCC1CO1)OCC1CO1. The van der Waals surface area contributed by atoms with Crippen molar-refractivity contribution in [2.75, 3.05) is 52.9 Å². The van der Waals surface area contributed by atoms with E-state index < -0.39 is 0 Å². The second-order valence-corrected chi connectivity index (χ2v) is 5.22. The highest BCUT2D eigenvalue weighted by Crippen LogP contribution is 2.14. The van der Waals surface area contributed by atoms with Gasteiger partial charge in [0, 0.05) is 6.61 Å². The zero-order chi connectivity index (χ0) is 12.9. The third-order valence-corrected chi connectivity index (χ3v) is 3.22. The monoisotopic (exact) mass is 274 g/mol. The van der Waals surface area contributed by atoms with Gasteiger partial charge in [-0.05, 0) is 6.42 Å².